The second-order valence-electron chi connectivity index (χ2n) is 7.94. The quantitative estimate of drug-likeness (QED) is 0.631. The summed E-state index contributed by atoms with van der Waals surface area (Å²) in [5.74, 6) is 0.397. The van der Waals surface area contributed by atoms with Crippen molar-refractivity contribution in [2.75, 3.05) is 13.6 Å². The number of urea groups is 1. The van der Waals surface area contributed by atoms with E-state index in [-0.39, 0.29) is 18.2 Å². The van der Waals surface area contributed by atoms with Gasteiger partial charge in [-0.25, -0.2) is 4.79 Å². The molecule has 0 aliphatic carbocycles. The lowest BCUT2D eigenvalue weighted by atomic mass is 9.95. The molecule has 4 nitrogen and oxygen atoms in total. The summed E-state index contributed by atoms with van der Waals surface area (Å²) >= 11 is 12.5. The van der Waals surface area contributed by atoms with Crippen LogP contribution in [0.2, 0.25) is 10.0 Å². The van der Waals surface area contributed by atoms with E-state index in [1.54, 1.807) is 6.07 Å². The number of nitrogens with zero attached hydrogens (tertiary/aromatic N) is 2. The molecule has 29 heavy (non-hydrogen) atoms. The Morgan fingerprint density at radius 2 is 1.93 bits per heavy atom. The number of halogens is 2. The van der Waals surface area contributed by atoms with Gasteiger partial charge in [-0.2, -0.15) is 0 Å². The van der Waals surface area contributed by atoms with E-state index in [1.807, 2.05) is 42.2 Å². The van der Waals surface area contributed by atoms with Gasteiger partial charge in [0.25, 0.3) is 0 Å². The first kappa shape index (κ1) is 21.9. The zero-order valence-electron chi connectivity index (χ0n) is 17.2. The van der Waals surface area contributed by atoms with Crippen molar-refractivity contribution in [2.45, 2.75) is 45.4 Å². The van der Waals surface area contributed by atoms with Crippen LogP contribution in [-0.4, -0.2) is 35.6 Å². The maximum Gasteiger partial charge on any atom is 0.319 e. The molecule has 1 N–H and O–H groups in total. The molecule has 1 aliphatic heterocycles. The third kappa shape index (κ3) is 5.25. The Kier molecular flexibility index (Phi) is 7.44. The molecule has 3 rings (SSSR count). The van der Waals surface area contributed by atoms with Crippen LogP contribution in [0.1, 0.15) is 43.9 Å². The second kappa shape index (κ2) is 9.84. The highest BCUT2D eigenvalue weighted by molar-refractivity contribution is 6.42. The lowest BCUT2D eigenvalue weighted by molar-refractivity contribution is 0.0130. The molecule has 2 amide bonds. The van der Waals surface area contributed by atoms with E-state index in [0.717, 1.165) is 30.5 Å². The summed E-state index contributed by atoms with van der Waals surface area (Å²) in [6.07, 6.45) is 2.32. The summed E-state index contributed by atoms with van der Waals surface area (Å²) in [5, 5.41) is 4.12. The molecule has 156 valence electrons. The van der Waals surface area contributed by atoms with Crippen LogP contribution in [0.4, 0.5) is 4.79 Å². The summed E-state index contributed by atoms with van der Waals surface area (Å²) in [4.78, 5) is 17.7. The standard InChI is InChI=1S/C23H29Cl2N3O/c1-16-9-8-14-27(3)22(16)28(15-18-10-5-4-6-11-18)23(29)26-17(2)19-12-7-13-20(24)21(19)25/h4-7,10-13,16-17,22H,8-9,14-15H2,1-3H3,(H,26,29). The van der Waals surface area contributed by atoms with Crippen molar-refractivity contribution in [2.24, 2.45) is 5.92 Å². The zero-order valence-corrected chi connectivity index (χ0v) is 18.7. The average molecular weight is 434 g/mol. The van der Waals surface area contributed by atoms with Crippen LogP contribution in [0.3, 0.4) is 0 Å². The Labute approximate surface area is 183 Å². The molecule has 1 heterocycles. The number of rotatable bonds is 5. The van der Waals surface area contributed by atoms with Gasteiger partial charge in [0.2, 0.25) is 0 Å². The van der Waals surface area contributed by atoms with Crippen LogP contribution in [0.15, 0.2) is 48.5 Å². The highest BCUT2D eigenvalue weighted by Gasteiger charge is 2.34. The van der Waals surface area contributed by atoms with Gasteiger partial charge in [-0.05, 0) is 56.5 Å². The lowest BCUT2D eigenvalue weighted by Gasteiger charge is -2.44. The topological polar surface area (TPSA) is 35.6 Å². The van der Waals surface area contributed by atoms with Crippen molar-refractivity contribution < 1.29 is 4.79 Å². The number of amides is 2. The second-order valence-corrected chi connectivity index (χ2v) is 8.73. The molecular weight excluding hydrogens is 405 g/mol. The first-order chi connectivity index (χ1) is 13.9. The van der Waals surface area contributed by atoms with Gasteiger partial charge in [-0.3, -0.25) is 4.90 Å². The molecule has 2 aromatic rings. The smallest absolute Gasteiger partial charge is 0.319 e. The third-order valence-electron chi connectivity index (χ3n) is 5.69. The number of hydrogen-bond acceptors (Lipinski definition) is 2. The van der Waals surface area contributed by atoms with Gasteiger partial charge < -0.3 is 10.2 Å². The molecule has 1 aliphatic rings. The highest BCUT2D eigenvalue weighted by Crippen LogP contribution is 2.31. The summed E-state index contributed by atoms with van der Waals surface area (Å²) in [5.41, 5.74) is 1.93. The van der Waals surface area contributed by atoms with Crippen LogP contribution in [-0.2, 0) is 6.54 Å². The Hall–Kier alpha value is -1.75. The fraction of sp³-hybridized carbons (Fsp3) is 0.435. The lowest BCUT2D eigenvalue weighted by Crippen LogP contribution is -2.57. The van der Waals surface area contributed by atoms with Crippen LogP contribution >= 0.6 is 23.2 Å². The van der Waals surface area contributed by atoms with Gasteiger partial charge in [0, 0.05) is 6.54 Å². The van der Waals surface area contributed by atoms with E-state index in [0.29, 0.717) is 22.5 Å². The highest BCUT2D eigenvalue weighted by atomic mass is 35.5. The fourth-order valence-corrected chi connectivity index (χ4v) is 4.66. The van der Waals surface area contributed by atoms with Crippen molar-refractivity contribution in [3.8, 4) is 0 Å². The Bertz CT molecular complexity index is 820. The van der Waals surface area contributed by atoms with Gasteiger partial charge in [-0.15, -0.1) is 0 Å². The van der Waals surface area contributed by atoms with Crippen LogP contribution in [0.5, 0.6) is 0 Å². The van der Waals surface area contributed by atoms with Crippen molar-refractivity contribution >= 4 is 29.2 Å². The zero-order chi connectivity index (χ0) is 21.0. The van der Waals surface area contributed by atoms with Gasteiger partial charge in [-0.1, -0.05) is 72.6 Å². The monoisotopic (exact) mass is 433 g/mol. The van der Waals surface area contributed by atoms with E-state index in [2.05, 4.69) is 36.3 Å². The SMILES string of the molecule is CC(NC(=O)N(Cc1ccccc1)C1C(C)CCCN1C)c1cccc(Cl)c1Cl. The molecule has 1 saturated heterocycles. The predicted molar refractivity (Wildman–Crippen MR) is 120 cm³/mol. The molecule has 2 aromatic carbocycles. The van der Waals surface area contributed by atoms with E-state index >= 15 is 0 Å². The summed E-state index contributed by atoms with van der Waals surface area (Å²) in [6, 6.07) is 15.3. The van der Waals surface area contributed by atoms with Gasteiger partial charge in [0.05, 0.1) is 22.3 Å². The van der Waals surface area contributed by atoms with Crippen LogP contribution in [0.25, 0.3) is 0 Å². The molecule has 0 bridgehead atoms. The van der Waals surface area contributed by atoms with Crippen LogP contribution in [0, 0.1) is 5.92 Å². The van der Waals surface area contributed by atoms with Crippen molar-refractivity contribution in [1.29, 1.82) is 0 Å². The minimum Gasteiger partial charge on any atom is -0.331 e. The maximum absolute atomic E-state index is 13.4. The normalized spacial score (nSPS) is 20.9. The number of carbonyl (C=O) groups is 1. The predicted octanol–water partition coefficient (Wildman–Crippen LogP) is 5.95. The van der Waals surface area contributed by atoms with Gasteiger partial charge in [0.1, 0.15) is 0 Å². The summed E-state index contributed by atoms with van der Waals surface area (Å²) < 4.78 is 0. The largest absolute Gasteiger partial charge is 0.331 e. The molecule has 3 unspecified atom stereocenters. The van der Waals surface area contributed by atoms with Gasteiger partial charge in [0.15, 0.2) is 0 Å². The summed E-state index contributed by atoms with van der Waals surface area (Å²) in [7, 11) is 2.10. The number of carbonyl (C=O) groups excluding carboxylic acids is 1. The molecular formula is C23H29Cl2N3O. The molecule has 1 fully saturated rings. The van der Waals surface area contributed by atoms with Gasteiger partial charge >= 0.3 is 6.03 Å². The number of nitrogens with one attached hydrogen (secondary N) is 1. The van der Waals surface area contributed by atoms with Crippen molar-refractivity contribution in [1.82, 2.24) is 15.1 Å². The van der Waals surface area contributed by atoms with Crippen LogP contribution < -0.4 is 5.32 Å². The van der Waals surface area contributed by atoms with E-state index in [9.17, 15) is 4.79 Å². The molecule has 3 atom stereocenters. The Morgan fingerprint density at radius 3 is 2.62 bits per heavy atom. The third-order valence-corrected chi connectivity index (χ3v) is 6.53. The van der Waals surface area contributed by atoms with Crippen molar-refractivity contribution in [3.05, 3.63) is 69.7 Å². The Morgan fingerprint density at radius 1 is 1.21 bits per heavy atom. The van der Waals surface area contributed by atoms with E-state index in [1.165, 1.54) is 0 Å². The minimum absolute atomic E-state index is 0.0472. The first-order valence-corrected chi connectivity index (χ1v) is 10.9. The minimum atomic E-state index is -0.254. The molecule has 6 heteroatoms. The molecule has 0 aromatic heterocycles. The fourth-order valence-electron chi connectivity index (χ4n) is 4.19. The maximum atomic E-state index is 13.4. The van der Waals surface area contributed by atoms with E-state index < -0.39 is 0 Å². The summed E-state index contributed by atoms with van der Waals surface area (Å²) in [6.45, 7) is 5.71. The van der Waals surface area contributed by atoms with E-state index in [4.69, 9.17) is 23.2 Å². The molecule has 0 radical (unpaired) electrons. The Balaban J connectivity index is 1.84. The number of piperidine rings is 1. The first-order valence-electron chi connectivity index (χ1n) is 10.1. The molecule has 0 saturated carbocycles. The number of hydrogen-bond donors (Lipinski definition) is 1. The number of likely N-dealkylation sites (tertiary alicyclic amines) is 1. The number of benzene rings is 2. The average Bonchev–Trinajstić information content (AvgIpc) is 2.69. The molecule has 0 spiro atoms. The van der Waals surface area contributed by atoms with Crippen molar-refractivity contribution in [3.63, 3.8) is 0 Å².